The molecule has 0 saturated heterocycles. The lowest BCUT2D eigenvalue weighted by Crippen LogP contribution is -2.17. The Bertz CT molecular complexity index is 357. The third-order valence-electron chi connectivity index (χ3n) is 2.31. The van der Waals surface area contributed by atoms with Crippen LogP contribution in [0.15, 0.2) is 12.1 Å². The maximum atomic E-state index is 9.06. The van der Waals surface area contributed by atoms with Crippen LogP contribution in [-0.4, -0.2) is 25.9 Å². The van der Waals surface area contributed by atoms with E-state index < -0.39 is 6.04 Å². The van der Waals surface area contributed by atoms with Gasteiger partial charge >= 0.3 is 0 Å². The van der Waals surface area contributed by atoms with E-state index in [9.17, 15) is 0 Å². The molecular weight excluding hydrogens is 230 g/mol. The van der Waals surface area contributed by atoms with Gasteiger partial charge in [0.25, 0.3) is 0 Å². The van der Waals surface area contributed by atoms with E-state index in [1.807, 2.05) is 0 Å². The highest BCUT2D eigenvalue weighted by Crippen LogP contribution is 2.30. The number of hydrogen-bond donors (Lipinski definition) is 2. The monoisotopic (exact) mass is 245 g/mol. The van der Waals surface area contributed by atoms with E-state index in [1.54, 1.807) is 26.4 Å². The van der Waals surface area contributed by atoms with Crippen LogP contribution in [0, 0.1) is 0 Å². The molecule has 0 bridgehead atoms. The second-order valence-electron chi connectivity index (χ2n) is 3.41. The zero-order chi connectivity index (χ0) is 12.1. The molecule has 90 valence electrons. The molecule has 1 rings (SSSR count). The Morgan fingerprint density at radius 2 is 2.12 bits per heavy atom. The number of halogens is 1. The Balaban J connectivity index is 3.18. The Morgan fingerprint density at radius 1 is 1.44 bits per heavy atom. The summed E-state index contributed by atoms with van der Waals surface area (Å²) in [7, 11) is 3.14. The van der Waals surface area contributed by atoms with Crippen LogP contribution < -0.4 is 10.5 Å². The summed E-state index contributed by atoms with van der Waals surface area (Å²) in [6, 6.07) is 3.01. The second kappa shape index (κ2) is 6.06. The average molecular weight is 246 g/mol. The van der Waals surface area contributed by atoms with Gasteiger partial charge in [0.1, 0.15) is 5.75 Å². The number of nitrogens with two attached hydrogens (primary N) is 1. The first kappa shape index (κ1) is 13.3. The van der Waals surface area contributed by atoms with Gasteiger partial charge in [0.05, 0.1) is 31.4 Å². The lowest BCUT2D eigenvalue weighted by atomic mass is 10.0. The van der Waals surface area contributed by atoms with Crippen LogP contribution in [0.4, 0.5) is 0 Å². The molecule has 0 saturated carbocycles. The number of aliphatic hydroxyl groups excluding tert-OH is 1. The molecule has 0 aromatic heterocycles. The van der Waals surface area contributed by atoms with Crippen LogP contribution in [0.3, 0.4) is 0 Å². The molecule has 0 heterocycles. The Hall–Kier alpha value is -0.810. The van der Waals surface area contributed by atoms with Crippen LogP contribution in [-0.2, 0) is 11.3 Å². The van der Waals surface area contributed by atoms with E-state index in [4.69, 9.17) is 31.9 Å². The van der Waals surface area contributed by atoms with E-state index in [0.717, 1.165) is 11.1 Å². The Labute approximate surface area is 99.9 Å². The molecule has 1 atom stereocenters. The van der Waals surface area contributed by atoms with Gasteiger partial charge in [-0.15, -0.1) is 0 Å². The maximum Gasteiger partial charge on any atom is 0.137 e. The third kappa shape index (κ3) is 2.86. The minimum absolute atomic E-state index is 0.140. The van der Waals surface area contributed by atoms with E-state index in [-0.39, 0.29) is 6.61 Å². The molecule has 16 heavy (non-hydrogen) atoms. The number of ether oxygens (including phenoxy) is 2. The van der Waals surface area contributed by atoms with Crippen molar-refractivity contribution in [1.29, 1.82) is 0 Å². The largest absolute Gasteiger partial charge is 0.495 e. The molecule has 0 aliphatic heterocycles. The van der Waals surface area contributed by atoms with E-state index in [0.29, 0.717) is 17.4 Å². The molecular formula is C11H16ClNO3. The van der Waals surface area contributed by atoms with Gasteiger partial charge in [0, 0.05) is 7.11 Å². The summed E-state index contributed by atoms with van der Waals surface area (Å²) in [6.07, 6.45) is 0. The summed E-state index contributed by atoms with van der Waals surface area (Å²) in [5.74, 6) is 0.572. The lowest BCUT2D eigenvalue weighted by molar-refractivity contribution is 0.182. The van der Waals surface area contributed by atoms with Crippen molar-refractivity contribution < 1.29 is 14.6 Å². The highest BCUT2D eigenvalue weighted by atomic mass is 35.5. The highest BCUT2D eigenvalue weighted by molar-refractivity contribution is 6.32. The normalized spacial score (nSPS) is 12.6. The van der Waals surface area contributed by atoms with Gasteiger partial charge in [0.15, 0.2) is 0 Å². The summed E-state index contributed by atoms with van der Waals surface area (Å²) < 4.78 is 10.2. The minimum atomic E-state index is -0.464. The van der Waals surface area contributed by atoms with Crippen LogP contribution in [0.25, 0.3) is 0 Å². The molecule has 5 heteroatoms. The Kier molecular flexibility index (Phi) is 5.02. The number of methoxy groups -OCH3 is 2. The van der Waals surface area contributed by atoms with Crippen molar-refractivity contribution in [1.82, 2.24) is 0 Å². The van der Waals surface area contributed by atoms with Crippen molar-refractivity contribution in [3.05, 3.63) is 28.3 Å². The first-order chi connectivity index (χ1) is 7.63. The van der Waals surface area contributed by atoms with Crippen molar-refractivity contribution in [2.24, 2.45) is 5.73 Å². The molecule has 1 unspecified atom stereocenters. The molecule has 0 radical (unpaired) electrons. The highest BCUT2D eigenvalue weighted by Gasteiger charge is 2.14. The van der Waals surface area contributed by atoms with Gasteiger partial charge in [0.2, 0.25) is 0 Å². The molecule has 0 fully saturated rings. The first-order valence-corrected chi connectivity index (χ1v) is 5.23. The minimum Gasteiger partial charge on any atom is -0.495 e. The fourth-order valence-electron chi connectivity index (χ4n) is 1.49. The second-order valence-corrected chi connectivity index (χ2v) is 3.81. The zero-order valence-electron chi connectivity index (χ0n) is 9.37. The van der Waals surface area contributed by atoms with Gasteiger partial charge < -0.3 is 20.3 Å². The van der Waals surface area contributed by atoms with E-state index >= 15 is 0 Å². The molecule has 3 N–H and O–H groups in total. The first-order valence-electron chi connectivity index (χ1n) is 4.85. The predicted molar refractivity (Wildman–Crippen MR) is 62.7 cm³/mol. The van der Waals surface area contributed by atoms with Gasteiger partial charge in [-0.1, -0.05) is 11.6 Å². The number of aliphatic hydroxyl groups is 1. The third-order valence-corrected chi connectivity index (χ3v) is 2.61. The van der Waals surface area contributed by atoms with Crippen molar-refractivity contribution >= 4 is 11.6 Å². The molecule has 0 aliphatic rings. The maximum absolute atomic E-state index is 9.06. The van der Waals surface area contributed by atoms with Gasteiger partial charge in [-0.05, 0) is 23.3 Å². The van der Waals surface area contributed by atoms with E-state index in [2.05, 4.69) is 0 Å². The van der Waals surface area contributed by atoms with Gasteiger partial charge in [-0.25, -0.2) is 0 Å². The van der Waals surface area contributed by atoms with Crippen LogP contribution >= 0.6 is 11.6 Å². The molecule has 0 aliphatic carbocycles. The van der Waals surface area contributed by atoms with Crippen molar-refractivity contribution in [2.75, 3.05) is 20.8 Å². The standard InChI is InChI=1S/C11H16ClNO3/c1-15-6-7-3-11(16-2)9(12)4-8(7)10(13)5-14/h3-4,10,14H,5-6,13H2,1-2H3. The lowest BCUT2D eigenvalue weighted by Gasteiger charge is -2.16. The summed E-state index contributed by atoms with van der Waals surface area (Å²) in [5.41, 5.74) is 7.42. The topological polar surface area (TPSA) is 64.7 Å². The van der Waals surface area contributed by atoms with E-state index in [1.165, 1.54) is 0 Å². The Morgan fingerprint density at radius 3 is 2.62 bits per heavy atom. The number of hydrogen-bond acceptors (Lipinski definition) is 4. The summed E-state index contributed by atoms with van der Waals surface area (Å²) in [6.45, 7) is 0.260. The van der Waals surface area contributed by atoms with Crippen LogP contribution in [0.5, 0.6) is 5.75 Å². The van der Waals surface area contributed by atoms with Crippen molar-refractivity contribution in [2.45, 2.75) is 12.6 Å². The smallest absolute Gasteiger partial charge is 0.137 e. The van der Waals surface area contributed by atoms with Gasteiger partial charge in [-0.3, -0.25) is 0 Å². The molecule has 1 aromatic rings. The average Bonchev–Trinajstić information content (AvgIpc) is 2.30. The fraction of sp³-hybridized carbons (Fsp3) is 0.455. The molecule has 4 nitrogen and oxygen atoms in total. The summed E-state index contributed by atoms with van der Waals surface area (Å²) >= 11 is 6.00. The number of benzene rings is 1. The number of rotatable bonds is 5. The fourth-order valence-corrected chi connectivity index (χ4v) is 1.74. The van der Waals surface area contributed by atoms with Crippen molar-refractivity contribution in [3.8, 4) is 5.75 Å². The summed E-state index contributed by atoms with van der Waals surface area (Å²) in [5, 5.41) is 9.53. The quantitative estimate of drug-likeness (QED) is 0.825. The zero-order valence-corrected chi connectivity index (χ0v) is 10.1. The van der Waals surface area contributed by atoms with Crippen molar-refractivity contribution in [3.63, 3.8) is 0 Å². The van der Waals surface area contributed by atoms with Gasteiger partial charge in [-0.2, -0.15) is 0 Å². The SMILES string of the molecule is COCc1cc(OC)c(Cl)cc1C(N)CO. The predicted octanol–water partition coefficient (Wildman–Crippen LogP) is 1.49. The molecule has 0 amide bonds. The van der Waals surface area contributed by atoms with Crippen LogP contribution in [0.1, 0.15) is 17.2 Å². The summed E-state index contributed by atoms with van der Waals surface area (Å²) in [4.78, 5) is 0. The molecule has 0 spiro atoms. The van der Waals surface area contributed by atoms with Crippen LogP contribution in [0.2, 0.25) is 5.02 Å². The molecule has 1 aromatic carbocycles.